The highest BCUT2D eigenvalue weighted by Crippen LogP contribution is 2.18. The van der Waals surface area contributed by atoms with Gasteiger partial charge in [0.2, 0.25) is 0 Å². The largest absolute Gasteiger partial charge is 0.380 e. The average Bonchev–Trinajstić information content (AvgIpc) is 2.26. The molecule has 0 aliphatic heterocycles. The van der Waals surface area contributed by atoms with Crippen LogP contribution in [0.4, 0.5) is 10.2 Å². The Labute approximate surface area is 106 Å². The van der Waals surface area contributed by atoms with Crippen LogP contribution in [0.25, 0.3) is 0 Å². The third kappa shape index (κ3) is 4.48. The second-order valence-electron chi connectivity index (χ2n) is 4.14. The van der Waals surface area contributed by atoms with Gasteiger partial charge in [-0.15, -0.1) is 0 Å². The molecule has 5 heteroatoms. The minimum Gasteiger partial charge on any atom is -0.380 e. The highest BCUT2D eigenvalue weighted by Gasteiger charge is 2.16. The number of nitrogens with one attached hydrogen (secondary N) is 1. The summed E-state index contributed by atoms with van der Waals surface area (Å²) in [5, 5.41) is 3.33. The molecule has 1 aromatic rings. The molecule has 0 aliphatic rings. The van der Waals surface area contributed by atoms with Crippen molar-refractivity contribution in [2.24, 2.45) is 5.92 Å². The van der Waals surface area contributed by atoms with Gasteiger partial charge in [0.25, 0.3) is 0 Å². The van der Waals surface area contributed by atoms with E-state index in [2.05, 4.69) is 10.3 Å². The zero-order valence-electron chi connectivity index (χ0n) is 10.3. The quantitative estimate of drug-likeness (QED) is 0.852. The van der Waals surface area contributed by atoms with E-state index in [4.69, 9.17) is 16.3 Å². The van der Waals surface area contributed by atoms with Crippen LogP contribution in [0.15, 0.2) is 12.3 Å². The Morgan fingerprint density at radius 2 is 2.24 bits per heavy atom. The number of aromatic nitrogens is 1. The first-order valence-corrected chi connectivity index (χ1v) is 6.07. The Morgan fingerprint density at radius 1 is 1.53 bits per heavy atom. The Bertz CT molecular complexity index is 360. The fourth-order valence-electron chi connectivity index (χ4n) is 1.34. The van der Waals surface area contributed by atoms with Crippen molar-refractivity contribution in [2.75, 3.05) is 18.5 Å². The average molecular weight is 261 g/mol. The van der Waals surface area contributed by atoms with Crippen molar-refractivity contribution in [3.05, 3.63) is 23.1 Å². The second-order valence-corrected chi connectivity index (χ2v) is 4.57. The van der Waals surface area contributed by atoms with Gasteiger partial charge in [0.15, 0.2) is 11.6 Å². The van der Waals surface area contributed by atoms with E-state index in [-0.39, 0.29) is 11.9 Å². The number of rotatable bonds is 6. The Morgan fingerprint density at radius 3 is 2.76 bits per heavy atom. The summed E-state index contributed by atoms with van der Waals surface area (Å²) >= 11 is 5.64. The summed E-state index contributed by atoms with van der Waals surface area (Å²) in [6.45, 7) is 7.19. The number of anilines is 1. The SMILES string of the molecule is CCOCC(Nc1ncc(Cl)cc1F)C(C)C. The molecule has 0 amide bonds. The highest BCUT2D eigenvalue weighted by atomic mass is 35.5. The van der Waals surface area contributed by atoms with E-state index >= 15 is 0 Å². The van der Waals surface area contributed by atoms with Gasteiger partial charge in [-0.05, 0) is 18.9 Å². The van der Waals surface area contributed by atoms with Gasteiger partial charge in [0, 0.05) is 12.8 Å². The van der Waals surface area contributed by atoms with Crippen LogP contribution < -0.4 is 5.32 Å². The molecule has 1 atom stereocenters. The summed E-state index contributed by atoms with van der Waals surface area (Å²) in [4.78, 5) is 3.93. The summed E-state index contributed by atoms with van der Waals surface area (Å²) in [6, 6.07) is 1.27. The molecule has 0 aromatic carbocycles. The fraction of sp³-hybridized carbons (Fsp3) is 0.583. The molecule has 0 radical (unpaired) electrons. The van der Waals surface area contributed by atoms with Crippen LogP contribution in [0.5, 0.6) is 0 Å². The second kappa shape index (κ2) is 6.77. The molecule has 3 nitrogen and oxygen atoms in total. The van der Waals surface area contributed by atoms with E-state index in [1.165, 1.54) is 12.3 Å². The molecular formula is C12H18ClFN2O. The van der Waals surface area contributed by atoms with Gasteiger partial charge >= 0.3 is 0 Å². The van der Waals surface area contributed by atoms with Gasteiger partial charge < -0.3 is 10.1 Å². The molecule has 0 aliphatic carbocycles. The molecule has 1 rings (SSSR count). The van der Waals surface area contributed by atoms with Crippen molar-refractivity contribution in [3.63, 3.8) is 0 Å². The van der Waals surface area contributed by atoms with Crippen molar-refractivity contribution >= 4 is 17.4 Å². The van der Waals surface area contributed by atoms with E-state index in [9.17, 15) is 4.39 Å². The molecule has 0 saturated heterocycles. The monoisotopic (exact) mass is 260 g/mol. The normalized spacial score (nSPS) is 12.8. The lowest BCUT2D eigenvalue weighted by Crippen LogP contribution is -2.31. The number of nitrogens with zero attached hydrogens (tertiary/aromatic N) is 1. The summed E-state index contributed by atoms with van der Waals surface area (Å²) in [7, 11) is 0. The summed E-state index contributed by atoms with van der Waals surface area (Å²) in [6.07, 6.45) is 1.42. The maximum atomic E-state index is 13.5. The number of halogens is 2. The minimum atomic E-state index is -0.445. The zero-order valence-corrected chi connectivity index (χ0v) is 11.1. The van der Waals surface area contributed by atoms with Crippen LogP contribution in [-0.2, 0) is 4.74 Å². The third-order valence-corrected chi connectivity index (χ3v) is 2.64. The Balaban J connectivity index is 2.71. The summed E-state index contributed by atoms with van der Waals surface area (Å²) in [5.74, 6) is 0.0888. The first kappa shape index (κ1) is 14.2. The van der Waals surface area contributed by atoms with E-state index in [1.807, 2.05) is 20.8 Å². The van der Waals surface area contributed by atoms with E-state index < -0.39 is 5.82 Å². The molecule has 0 fully saturated rings. The highest BCUT2D eigenvalue weighted by molar-refractivity contribution is 6.30. The van der Waals surface area contributed by atoms with Gasteiger partial charge in [-0.3, -0.25) is 0 Å². The van der Waals surface area contributed by atoms with Crippen LogP contribution in [-0.4, -0.2) is 24.2 Å². The van der Waals surface area contributed by atoms with Gasteiger partial charge in [-0.1, -0.05) is 25.4 Å². The number of pyridine rings is 1. The summed E-state index contributed by atoms with van der Waals surface area (Å²) < 4.78 is 18.9. The topological polar surface area (TPSA) is 34.1 Å². The van der Waals surface area contributed by atoms with Crippen molar-refractivity contribution in [2.45, 2.75) is 26.8 Å². The molecule has 0 bridgehead atoms. The van der Waals surface area contributed by atoms with Gasteiger partial charge in [-0.2, -0.15) is 0 Å². The van der Waals surface area contributed by atoms with Crippen LogP contribution >= 0.6 is 11.6 Å². The third-order valence-electron chi connectivity index (χ3n) is 2.44. The molecule has 1 N–H and O–H groups in total. The number of hydrogen-bond acceptors (Lipinski definition) is 3. The Kier molecular flexibility index (Phi) is 5.65. The lowest BCUT2D eigenvalue weighted by atomic mass is 10.1. The maximum absolute atomic E-state index is 13.5. The predicted molar refractivity (Wildman–Crippen MR) is 67.9 cm³/mol. The number of hydrogen-bond donors (Lipinski definition) is 1. The molecule has 17 heavy (non-hydrogen) atoms. The predicted octanol–water partition coefficient (Wildman–Crippen LogP) is 3.35. The maximum Gasteiger partial charge on any atom is 0.166 e. The number of ether oxygens (including phenoxy) is 1. The molecular weight excluding hydrogens is 243 g/mol. The fourth-order valence-corrected chi connectivity index (χ4v) is 1.49. The lowest BCUT2D eigenvalue weighted by molar-refractivity contribution is 0.126. The van der Waals surface area contributed by atoms with Gasteiger partial charge in [-0.25, -0.2) is 9.37 Å². The van der Waals surface area contributed by atoms with E-state index in [0.29, 0.717) is 24.2 Å². The van der Waals surface area contributed by atoms with Crippen molar-refractivity contribution in [1.82, 2.24) is 4.98 Å². The smallest absolute Gasteiger partial charge is 0.166 e. The van der Waals surface area contributed by atoms with Crippen LogP contribution in [0.2, 0.25) is 5.02 Å². The standard InChI is InChI=1S/C12H18ClFN2O/c1-4-17-7-11(8(2)3)16-12-10(14)5-9(13)6-15-12/h5-6,8,11H,4,7H2,1-3H3,(H,15,16). The molecule has 1 heterocycles. The molecule has 0 spiro atoms. The molecule has 0 saturated carbocycles. The van der Waals surface area contributed by atoms with Crippen LogP contribution in [0.1, 0.15) is 20.8 Å². The van der Waals surface area contributed by atoms with Gasteiger partial charge in [0.05, 0.1) is 17.7 Å². The summed E-state index contributed by atoms with van der Waals surface area (Å²) in [5.41, 5.74) is 0. The first-order valence-electron chi connectivity index (χ1n) is 5.70. The lowest BCUT2D eigenvalue weighted by Gasteiger charge is -2.22. The molecule has 96 valence electrons. The molecule has 1 aromatic heterocycles. The van der Waals surface area contributed by atoms with E-state index in [1.54, 1.807) is 0 Å². The van der Waals surface area contributed by atoms with Crippen molar-refractivity contribution in [3.8, 4) is 0 Å². The zero-order chi connectivity index (χ0) is 12.8. The Hall–Kier alpha value is -0.870. The van der Waals surface area contributed by atoms with Crippen molar-refractivity contribution in [1.29, 1.82) is 0 Å². The van der Waals surface area contributed by atoms with Crippen LogP contribution in [0, 0.1) is 11.7 Å². The minimum absolute atomic E-state index is 0.0260. The van der Waals surface area contributed by atoms with Gasteiger partial charge in [0.1, 0.15) is 0 Å². The van der Waals surface area contributed by atoms with Crippen molar-refractivity contribution < 1.29 is 9.13 Å². The van der Waals surface area contributed by atoms with E-state index in [0.717, 1.165) is 0 Å². The molecule has 1 unspecified atom stereocenters. The first-order chi connectivity index (χ1) is 8.04. The van der Waals surface area contributed by atoms with Crippen LogP contribution in [0.3, 0.4) is 0 Å².